The fraction of sp³-hybridized carbons (Fsp3) is 1.00. The molecule has 2 saturated heterocycles. The molecule has 2 heterocycles. The number of rotatable bonds is 2. The third-order valence-corrected chi connectivity index (χ3v) is 3.30. The molecule has 0 N–H and O–H groups in total. The molecule has 2 aliphatic rings. The van der Waals surface area contributed by atoms with Gasteiger partial charge in [0.15, 0.2) is 0 Å². The van der Waals surface area contributed by atoms with Crippen LogP contribution in [0.2, 0.25) is 0 Å². The highest BCUT2D eigenvalue weighted by molar-refractivity contribution is 6.18. The molecule has 0 aliphatic carbocycles. The molecule has 2 nitrogen and oxygen atoms in total. The number of likely N-dealkylation sites (tertiary alicyclic amines) is 2. The van der Waals surface area contributed by atoms with Gasteiger partial charge in [-0.25, -0.2) is 0 Å². The Morgan fingerprint density at radius 1 is 1.33 bits per heavy atom. The Kier molecular flexibility index (Phi) is 2.32. The molecule has 3 heteroatoms. The van der Waals surface area contributed by atoms with Crippen LogP contribution in [-0.4, -0.2) is 55.5 Å². The van der Waals surface area contributed by atoms with Gasteiger partial charge in [-0.3, -0.25) is 0 Å². The maximum Gasteiger partial charge on any atom is 0.0351 e. The average molecular weight is 189 g/mol. The molecule has 2 fully saturated rings. The second-order valence-electron chi connectivity index (χ2n) is 4.39. The van der Waals surface area contributed by atoms with Gasteiger partial charge in [-0.2, -0.15) is 0 Å². The van der Waals surface area contributed by atoms with Crippen molar-refractivity contribution in [3.8, 4) is 0 Å². The number of hydrogen-bond donors (Lipinski definition) is 0. The molecule has 0 saturated carbocycles. The van der Waals surface area contributed by atoms with Gasteiger partial charge in [0, 0.05) is 37.5 Å². The summed E-state index contributed by atoms with van der Waals surface area (Å²) in [6.07, 6.45) is 1.38. The van der Waals surface area contributed by atoms with E-state index in [-0.39, 0.29) is 0 Å². The number of nitrogens with zero attached hydrogens (tertiary/aromatic N) is 2. The third-order valence-electron chi connectivity index (χ3n) is 3.13. The third kappa shape index (κ3) is 1.48. The topological polar surface area (TPSA) is 6.48 Å². The van der Waals surface area contributed by atoms with Crippen LogP contribution in [0.1, 0.15) is 6.42 Å². The van der Waals surface area contributed by atoms with E-state index in [0.717, 1.165) is 12.4 Å². The van der Waals surface area contributed by atoms with Crippen molar-refractivity contribution in [2.45, 2.75) is 6.42 Å². The Hall–Kier alpha value is 0.210. The van der Waals surface area contributed by atoms with Crippen molar-refractivity contribution in [2.75, 3.05) is 45.7 Å². The first-order valence-electron chi connectivity index (χ1n) is 4.71. The van der Waals surface area contributed by atoms with Crippen LogP contribution >= 0.6 is 11.6 Å². The van der Waals surface area contributed by atoms with Crippen LogP contribution in [0.5, 0.6) is 0 Å². The molecule has 2 rings (SSSR count). The maximum absolute atomic E-state index is 5.71. The summed E-state index contributed by atoms with van der Waals surface area (Å²) < 4.78 is 0. The minimum absolute atomic E-state index is 0.654. The summed E-state index contributed by atoms with van der Waals surface area (Å²) in [5.74, 6) is 0.784. The molecular formula is C9H17ClN2. The van der Waals surface area contributed by atoms with Crippen LogP contribution in [0.25, 0.3) is 0 Å². The van der Waals surface area contributed by atoms with E-state index >= 15 is 0 Å². The van der Waals surface area contributed by atoms with Crippen molar-refractivity contribution in [3.05, 3.63) is 0 Å². The highest BCUT2D eigenvalue weighted by atomic mass is 35.5. The lowest BCUT2D eigenvalue weighted by Gasteiger charge is -2.46. The maximum atomic E-state index is 5.71. The molecule has 70 valence electrons. The van der Waals surface area contributed by atoms with E-state index < -0.39 is 0 Å². The van der Waals surface area contributed by atoms with Crippen LogP contribution in [0.3, 0.4) is 0 Å². The van der Waals surface area contributed by atoms with Gasteiger partial charge in [0.2, 0.25) is 0 Å². The van der Waals surface area contributed by atoms with E-state index in [9.17, 15) is 0 Å². The fourth-order valence-electron chi connectivity index (χ4n) is 2.70. The molecule has 0 aromatic carbocycles. The Morgan fingerprint density at radius 2 is 2.08 bits per heavy atom. The standard InChI is InChI=1S/C9H17ClN2/c1-11-6-9(7-11)2-4-12(8-9)5-3-10/h2-8H2,1H3. The van der Waals surface area contributed by atoms with Gasteiger partial charge < -0.3 is 9.80 Å². The molecule has 2 aliphatic heterocycles. The highest BCUT2D eigenvalue weighted by Gasteiger charge is 2.45. The summed E-state index contributed by atoms with van der Waals surface area (Å²) in [5.41, 5.74) is 0.654. The Balaban J connectivity index is 1.82. The smallest absolute Gasteiger partial charge is 0.0351 e. The van der Waals surface area contributed by atoms with Gasteiger partial charge in [0.25, 0.3) is 0 Å². The van der Waals surface area contributed by atoms with Gasteiger partial charge >= 0.3 is 0 Å². The molecule has 0 amide bonds. The normalized spacial score (nSPS) is 29.5. The van der Waals surface area contributed by atoms with Crippen LogP contribution in [0, 0.1) is 5.41 Å². The Bertz CT molecular complexity index is 166. The van der Waals surface area contributed by atoms with E-state index in [1.165, 1.54) is 32.6 Å². The lowest BCUT2D eigenvalue weighted by molar-refractivity contribution is 0.0313. The predicted octanol–water partition coefficient (Wildman–Crippen LogP) is 0.863. The number of halogens is 1. The summed E-state index contributed by atoms with van der Waals surface area (Å²) in [6, 6.07) is 0. The fourth-order valence-corrected chi connectivity index (χ4v) is 2.93. The largest absolute Gasteiger partial charge is 0.305 e. The minimum Gasteiger partial charge on any atom is -0.305 e. The first-order chi connectivity index (χ1) is 5.74. The van der Waals surface area contributed by atoms with Crippen LogP contribution < -0.4 is 0 Å². The van der Waals surface area contributed by atoms with Gasteiger partial charge in [0.05, 0.1) is 0 Å². The zero-order chi connectivity index (χ0) is 8.60. The van der Waals surface area contributed by atoms with Crippen LogP contribution in [0.15, 0.2) is 0 Å². The lowest BCUT2D eigenvalue weighted by atomic mass is 9.79. The first-order valence-corrected chi connectivity index (χ1v) is 5.24. The van der Waals surface area contributed by atoms with Gasteiger partial charge in [-0.15, -0.1) is 11.6 Å². The molecule has 0 aromatic rings. The SMILES string of the molecule is CN1CC2(CCN(CCCl)C2)C1. The first kappa shape index (κ1) is 8.79. The van der Waals surface area contributed by atoms with E-state index in [0.29, 0.717) is 5.41 Å². The number of alkyl halides is 1. The second kappa shape index (κ2) is 3.17. The summed E-state index contributed by atoms with van der Waals surface area (Å²) in [6.45, 7) is 6.22. The van der Waals surface area contributed by atoms with Gasteiger partial charge in [0.1, 0.15) is 0 Å². The lowest BCUT2D eigenvalue weighted by Crippen LogP contribution is -2.55. The van der Waals surface area contributed by atoms with Crippen molar-refractivity contribution in [3.63, 3.8) is 0 Å². The van der Waals surface area contributed by atoms with E-state index in [1.54, 1.807) is 0 Å². The van der Waals surface area contributed by atoms with Crippen LogP contribution in [-0.2, 0) is 0 Å². The van der Waals surface area contributed by atoms with Gasteiger partial charge in [-0.1, -0.05) is 0 Å². The van der Waals surface area contributed by atoms with E-state index in [1.807, 2.05) is 0 Å². The van der Waals surface area contributed by atoms with Crippen molar-refractivity contribution in [2.24, 2.45) is 5.41 Å². The van der Waals surface area contributed by atoms with E-state index in [4.69, 9.17) is 11.6 Å². The molecule has 0 radical (unpaired) electrons. The summed E-state index contributed by atoms with van der Waals surface area (Å²) in [5, 5.41) is 0. The predicted molar refractivity (Wildman–Crippen MR) is 51.7 cm³/mol. The molecule has 1 spiro atoms. The second-order valence-corrected chi connectivity index (χ2v) is 4.77. The molecule has 12 heavy (non-hydrogen) atoms. The average Bonchev–Trinajstić information content (AvgIpc) is 2.33. The summed E-state index contributed by atoms with van der Waals surface area (Å²) in [7, 11) is 2.20. The molecular weight excluding hydrogens is 172 g/mol. The summed E-state index contributed by atoms with van der Waals surface area (Å²) >= 11 is 5.71. The zero-order valence-corrected chi connectivity index (χ0v) is 8.48. The van der Waals surface area contributed by atoms with Crippen molar-refractivity contribution in [1.82, 2.24) is 9.80 Å². The Labute approximate surface area is 79.5 Å². The molecule has 0 atom stereocenters. The van der Waals surface area contributed by atoms with Gasteiger partial charge in [-0.05, 0) is 20.0 Å². The Morgan fingerprint density at radius 3 is 2.67 bits per heavy atom. The zero-order valence-electron chi connectivity index (χ0n) is 7.72. The van der Waals surface area contributed by atoms with E-state index in [2.05, 4.69) is 16.8 Å². The van der Waals surface area contributed by atoms with Crippen molar-refractivity contribution in [1.29, 1.82) is 0 Å². The van der Waals surface area contributed by atoms with Crippen molar-refractivity contribution >= 4 is 11.6 Å². The van der Waals surface area contributed by atoms with Crippen LogP contribution in [0.4, 0.5) is 0 Å². The minimum atomic E-state index is 0.654. The summed E-state index contributed by atoms with van der Waals surface area (Å²) in [4.78, 5) is 4.91. The van der Waals surface area contributed by atoms with Crippen molar-refractivity contribution < 1.29 is 0 Å². The molecule has 0 aromatic heterocycles. The quantitative estimate of drug-likeness (QED) is 0.594. The molecule has 0 unspecified atom stereocenters. The highest BCUT2D eigenvalue weighted by Crippen LogP contribution is 2.38. The molecule has 0 bridgehead atoms. The number of hydrogen-bond acceptors (Lipinski definition) is 2. The monoisotopic (exact) mass is 188 g/mol.